The van der Waals surface area contributed by atoms with Gasteiger partial charge in [0.15, 0.2) is 11.9 Å². The highest BCUT2D eigenvalue weighted by Crippen LogP contribution is 2.16. The quantitative estimate of drug-likeness (QED) is 0.824. The molecule has 0 heterocycles. The van der Waals surface area contributed by atoms with Crippen molar-refractivity contribution in [1.82, 2.24) is 0 Å². The van der Waals surface area contributed by atoms with Crippen molar-refractivity contribution in [2.45, 2.75) is 33.3 Å². The molecule has 0 bridgehead atoms. The Morgan fingerprint density at radius 3 is 2.43 bits per heavy atom. The number of benzene rings is 2. The van der Waals surface area contributed by atoms with Crippen LogP contribution in [0.25, 0.3) is 0 Å². The maximum atomic E-state index is 12.2. The van der Waals surface area contributed by atoms with Crippen molar-refractivity contribution in [3.63, 3.8) is 0 Å². The Bertz CT molecular complexity index is 692. The number of aryl methyl sites for hydroxylation is 1. The van der Waals surface area contributed by atoms with E-state index in [4.69, 9.17) is 4.74 Å². The molecule has 1 amide bonds. The van der Waals surface area contributed by atoms with E-state index in [1.807, 2.05) is 24.3 Å². The molecule has 0 spiro atoms. The normalized spacial score (nSPS) is 11.6. The monoisotopic (exact) mass is 311 g/mol. The molecular weight excluding hydrogens is 290 g/mol. The van der Waals surface area contributed by atoms with Crippen molar-refractivity contribution < 1.29 is 14.3 Å². The largest absolute Gasteiger partial charge is 0.481 e. The molecule has 1 N–H and O–H groups in total. The fourth-order valence-corrected chi connectivity index (χ4v) is 2.12. The second kappa shape index (κ2) is 7.58. The first-order chi connectivity index (χ1) is 11.0. The number of ketones is 1. The summed E-state index contributed by atoms with van der Waals surface area (Å²) in [6.45, 7) is 5.27. The highest BCUT2D eigenvalue weighted by atomic mass is 16.5. The molecule has 0 radical (unpaired) electrons. The summed E-state index contributed by atoms with van der Waals surface area (Å²) >= 11 is 0. The fourth-order valence-electron chi connectivity index (χ4n) is 2.12. The van der Waals surface area contributed by atoms with Crippen LogP contribution in [0.4, 0.5) is 5.69 Å². The van der Waals surface area contributed by atoms with E-state index in [1.54, 1.807) is 31.2 Å². The van der Waals surface area contributed by atoms with Crippen molar-refractivity contribution in [2.75, 3.05) is 5.32 Å². The van der Waals surface area contributed by atoms with Crippen LogP contribution in [0.5, 0.6) is 5.75 Å². The van der Waals surface area contributed by atoms with Gasteiger partial charge in [-0.05, 0) is 50.1 Å². The first-order valence-electron chi connectivity index (χ1n) is 7.67. The van der Waals surface area contributed by atoms with E-state index in [9.17, 15) is 9.59 Å². The Balaban J connectivity index is 1.99. The minimum Gasteiger partial charge on any atom is -0.481 e. The van der Waals surface area contributed by atoms with Crippen molar-refractivity contribution in [3.05, 3.63) is 59.7 Å². The molecule has 23 heavy (non-hydrogen) atoms. The van der Waals surface area contributed by atoms with Crippen LogP contribution in [0.15, 0.2) is 48.5 Å². The van der Waals surface area contributed by atoms with Crippen LogP contribution in [-0.4, -0.2) is 17.8 Å². The summed E-state index contributed by atoms with van der Waals surface area (Å²) in [4.78, 5) is 23.6. The maximum absolute atomic E-state index is 12.2. The molecule has 0 aliphatic heterocycles. The number of carbonyl (C=O) groups excluding carboxylic acids is 2. The third-order valence-corrected chi connectivity index (χ3v) is 3.55. The summed E-state index contributed by atoms with van der Waals surface area (Å²) in [6.07, 6.45) is 0.325. The SMILES string of the molecule is CCc1ccc(O[C@@H](C)C(=O)Nc2cccc(C(C)=O)c2)cc1. The van der Waals surface area contributed by atoms with Gasteiger partial charge >= 0.3 is 0 Å². The number of Topliss-reactive ketones (excluding diaryl/α,β-unsaturated/α-hetero) is 1. The fraction of sp³-hybridized carbons (Fsp3) is 0.263. The number of rotatable bonds is 6. The standard InChI is InChI=1S/C19H21NO3/c1-4-15-8-10-18(11-9-15)23-14(3)19(22)20-17-7-5-6-16(12-17)13(2)21/h5-12,14H,4H2,1-3H3,(H,20,22)/t14-/m0/s1. The number of hydrogen-bond acceptors (Lipinski definition) is 3. The topological polar surface area (TPSA) is 55.4 Å². The summed E-state index contributed by atoms with van der Waals surface area (Å²) in [6, 6.07) is 14.5. The van der Waals surface area contributed by atoms with Gasteiger partial charge in [-0.2, -0.15) is 0 Å². The van der Waals surface area contributed by atoms with Gasteiger partial charge in [-0.25, -0.2) is 0 Å². The van der Waals surface area contributed by atoms with E-state index in [2.05, 4.69) is 12.2 Å². The molecule has 0 saturated carbocycles. The van der Waals surface area contributed by atoms with E-state index in [0.29, 0.717) is 17.0 Å². The summed E-state index contributed by atoms with van der Waals surface area (Å²) in [5, 5.41) is 2.76. The molecule has 0 saturated heterocycles. The molecule has 4 nitrogen and oxygen atoms in total. The predicted octanol–water partition coefficient (Wildman–Crippen LogP) is 3.86. The Labute approximate surface area is 136 Å². The van der Waals surface area contributed by atoms with Crippen LogP contribution in [0.3, 0.4) is 0 Å². The third-order valence-electron chi connectivity index (χ3n) is 3.55. The molecular formula is C19H21NO3. The van der Waals surface area contributed by atoms with Crippen LogP contribution in [0.1, 0.15) is 36.7 Å². The lowest BCUT2D eigenvalue weighted by atomic mass is 10.1. The van der Waals surface area contributed by atoms with E-state index >= 15 is 0 Å². The van der Waals surface area contributed by atoms with Crippen LogP contribution in [0.2, 0.25) is 0 Å². The Hall–Kier alpha value is -2.62. The summed E-state index contributed by atoms with van der Waals surface area (Å²) in [5.41, 5.74) is 2.36. The minimum atomic E-state index is -0.636. The lowest BCUT2D eigenvalue weighted by Gasteiger charge is -2.15. The van der Waals surface area contributed by atoms with Crippen LogP contribution >= 0.6 is 0 Å². The smallest absolute Gasteiger partial charge is 0.265 e. The molecule has 4 heteroatoms. The lowest BCUT2D eigenvalue weighted by Crippen LogP contribution is -2.30. The average Bonchev–Trinajstić information content (AvgIpc) is 2.55. The summed E-state index contributed by atoms with van der Waals surface area (Å²) in [5.74, 6) is 0.356. The van der Waals surface area contributed by atoms with Gasteiger partial charge in [0.25, 0.3) is 5.91 Å². The second-order valence-corrected chi connectivity index (χ2v) is 5.38. The first-order valence-corrected chi connectivity index (χ1v) is 7.67. The van der Waals surface area contributed by atoms with E-state index in [0.717, 1.165) is 6.42 Å². The van der Waals surface area contributed by atoms with Crippen molar-refractivity contribution in [2.24, 2.45) is 0 Å². The Morgan fingerprint density at radius 1 is 1.13 bits per heavy atom. The molecule has 0 aromatic heterocycles. The maximum Gasteiger partial charge on any atom is 0.265 e. The third kappa shape index (κ3) is 4.68. The Morgan fingerprint density at radius 2 is 1.83 bits per heavy atom. The van der Waals surface area contributed by atoms with Crippen LogP contribution in [0, 0.1) is 0 Å². The molecule has 2 rings (SSSR count). The van der Waals surface area contributed by atoms with E-state index in [-0.39, 0.29) is 11.7 Å². The van der Waals surface area contributed by atoms with Gasteiger partial charge in [0.05, 0.1) is 0 Å². The number of ether oxygens (including phenoxy) is 1. The zero-order valence-corrected chi connectivity index (χ0v) is 13.6. The molecule has 2 aromatic rings. The second-order valence-electron chi connectivity index (χ2n) is 5.38. The van der Waals surface area contributed by atoms with Gasteiger partial charge in [0.2, 0.25) is 0 Å². The summed E-state index contributed by atoms with van der Waals surface area (Å²) in [7, 11) is 0. The van der Waals surface area contributed by atoms with Gasteiger partial charge in [-0.15, -0.1) is 0 Å². The molecule has 2 aromatic carbocycles. The molecule has 0 aliphatic rings. The van der Waals surface area contributed by atoms with Crippen molar-refractivity contribution in [1.29, 1.82) is 0 Å². The van der Waals surface area contributed by atoms with Gasteiger partial charge < -0.3 is 10.1 Å². The average molecular weight is 311 g/mol. The minimum absolute atomic E-state index is 0.0404. The van der Waals surface area contributed by atoms with Gasteiger partial charge in [-0.3, -0.25) is 9.59 Å². The molecule has 0 unspecified atom stereocenters. The molecule has 1 atom stereocenters. The van der Waals surface area contributed by atoms with Crippen LogP contribution < -0.4 is 10.1 Å². The highest BCUT2D eigenvalue weighted by Gasteiger charge is 2.15. The summed E-state index contributed by atoms with van der Waals surface area (Å²) < 4.78 is 5.65. The zero-order chi connectivity index (χ0) is 16.8. The van der Waals surface area contributed by atoms with Crippen molar-refractivity contribution in [3.8, 4) is 5.75 Å². The van der Waals surface area contributed by atoms with Crippen LogP contribution in [-0.2, 0) is 11.2 Å². The number of nitrogens with one attached hydrogen (secondary N) is 1. The Kier molecular flexibility index (Phi) is 5.52. The number of carbonyl (C=O) groups is 2. The van der Waals surface area contributed by atoms with Crippen molar-refractivity contribution >= 4 is 17.4 Å². The van der Waals surface area contributed by atoms with Gasteiger partial charge in [-0.1, -0.05) is 31.2 Å². The van der Waals surface area contributed by atoms with E-state index in [1.165, 1.54) is 12.5 Å². The molecule has 120 valence electrons. The van der Waals surface area contributed by atoms with Gasteiger partial charge in [0.1, 0.15) is 5.75 Å². The molecule has 0 fully saturated rings. The number of hydrogen-bond donors (Lipinski definition) is 1. The number of amides is 1. The zero-order valence-electron chi connectivity index (χ0n) is 13.6. The van der Waals surface area contributed by atoms with E-state index < -0.39 is 6.10 Å². The number of anilines is 1. The highest BCUT2D eigenvalue weighted by molar-refractivity contribution is 5.98. The lowest BCUT2D eigenvalue weighted by molar-refractivity contribution is -0.122. The molecule has 0 aliphatic carbocycles. The first kappa shape index (κ1) is 16.7. The van der Waals surface area contributed by atoms with Gasteiger partial charge in [0, 0.05) is 11.3 Å². The predicted molar refractivity (Wildman–Crippen MR) is 91.0 cm³/mol.